The largest absolute Gasteiger partial charge is 0.322 e. The number of nitrogens with one attached hydrogen (secondary N) is 1. The third-order valence-corrected chi connectivity index (χ3v) is 4.89. The molecule has 0 fully saturated rings. The molecule has 7 heteroatoms. The van der Waals surface area contributed by atoms with Crippen LogP contribution < -0.4 is 5.32 Å². The lowest BCUT2D eigenvalue weighted by atomic mass is 10.2. The van der Waals surface area contributed by atoms with Gasteiger partial charge in [0.1, 0.15) is 0 Å². The second-order valence-corrected chi connectivity index (χ2v) is 6.91. The van der Waals surface area contributed by atoms with Gasteiger partial charge in [-0.2, -0.15) is 0 Å². The van der Waals surface area contributed by atoms with Crippen molar-refractivity contribution < 1.29 is 14.5 Å². The maximum atomic E-state index is 12.3. The number of nitro benzene ring substituents is 1. The molecule has 0 saturated carbocycles. The zero-order valence-corrected chi connectivity index (χ0v) is 15.5. The molecule has 0 saturated heterocycles. The van der Waals surface area contributed by atoms with Crippen molar-refractivity contribution in [1.29, 1.82) is 0 Å². The van der Waals surface area contributed by atoms with Gasteiger partial charge >= 0.3 is 0 Å². The van der Waals surface area contributed by atoms with Gasteiger partial charge in [-0.1, -0.05) is 36.4 Å². The number of carbonyl (C=O) groups excluding carboxylic acids is 2. The number of Topliss-reactive ketones (excluding diaryl/α,β-unsaturated/α-hetero) is 1. The fraction of sp³-hybridized carbons (Fsp3) is 0.0476. The molecule has 0 aliphatic heterocycles. The number of ketones is 1. The predicted molar refractivity (Wildman–Crippen MR) is 109 cm³/mol. The van der Waals surface area contributed by atoms with E-state index in [1.54, 1.807) is 30.3 Å². The first-order valence-electron chi connectivity index (χ1n) is 8.40. The number of rotatable bonds is 7. The average Bonchev–Trinajstić information content (AvgIpc) is 2.73. The van der Waals surface area contributed by atoms with Gasteiger partial charge in [-0.3, -0.25) is 19.7 Å². The Labute approximate surface area is 165 Å². The van der Waals surface area contributed by atoms with Gasteiger partial charge in [-0.05, 0) is 30.3 Å². The molecule has 140 valence electrons. The summed E-state index contributed by atoms with van der Waals surface area (Å²) in [5.41, 5.74) is 1.50. The topological polar surface area (TPSA) is 89.3 Å². The molecule has 0 aliphatic carbocycles. The Bertz CT molecular complexity index is 1000. The summed E-state index contributed by atoms with van der Waals surface area (Å²) < 4.78 is 0. The lowest BCUT2D eigenvalue weighted by Crippen LogP contribution is -2.11. The molecule has 0 bridgehead atoms. The van der Waals surface area contributed by atoms with Crippen molar-refractivity contribution in [3.63, 3.8) is 0 Å². The Kier molecular flexibility index (Phi) is 6.18. The van der Waals surface area contributed by atoms with E-state index < -0.39 is 4.92 Å². The smallest absolute Gasteiger partial charge is 0.269 e. The van der Waals surface area contributed by atoms with Crippen LogP contribution in [0.2, 0.25) is 0 Å². The summed E-state index contributed by atoms with van der Waals surface area (Å²) in [6, 6.07) is 21.7. The molecule has 6 nitrogen and oxygen atoms in total. The van der Waals surface area contributed by atoms with Gasteiger partial charge in [0.25, 0.3) is 11.6 Å². The molecule has 28 heavy (non-hydrogen) atoms. The SMILES string of the molecule is O=C(CSc1cccc(NC(=O)c2ccc([N+](=O)[O-])cc2)c1)c1ccccc1. The lowest BCUT2D eigenvalue weighted by molar-refractivity contribution is -0.384. The van der Waals surface area contributed by atoms with E-state index in [2.05, 4.69) is 5.32 Å². The summed E-state index contributed by atoms with van der Waals surface area (Å²) in [7, 11) is 0. The highest BCUT2D eigenvalue weighted by molar-refractivity contribution is 8.00. The molecule has 1 amide bonds. The zero-order chi connectivity index (χ0) is 19.9. The third-order valence-electron chi connectivity index (χ3n) is 3.90. The van der Waals surface area contributed by atoms with E-state index in [9.17, 15) is 19.7 Å². The van der Waals surface area contributed by atoms with Gasteiger partial charge < -0.3 is 5.32 Å². The van der Waals surface area contributed by atoms with Crippen LogP contribution in [-0.4, -0.2) is 22.4 Å². The molecular formula is C21H16N2O4S. The fourth-order valence-electron chi connectivity index (χ4n) is 2.46. The average molecular weight is 392 g/mol. The summed E-state index contributed by atoms with van der Waals surface area (Å²) in [4.78, 5) is 35.5. The highest BCUT2D eigenvalue weighted by atomic mass is 32.2. The van der Waals surface area contributed by atoms with Crippen LogP contribution in [0.5, 0.6) is 0 Å². The molecular weight excluding hydrogens is 376 g/mol. The minimum Gasteiger partial charge on any atom is -0.322 e. The van der Waals surface area contributed by atoms with Gasteiger partial charge in [-0.25, -0.2) is 0 Å². The van der Waals surface area contributed by atoms with E-state index in [1.165, 1.54) is 36.0 Å². The summed E-state index contributed by atoms with van der Waals surface area (Å²) >= 11 is 1.39. The number of anilines is 1. The van der Waals surface area contributed by atoms with Crippen LogP contribution >= 0.6 is 11.8 Å². The Morgan fingerprint density at radius 2 is 1.61 bits per heavy atom. The number of hydrogen-bond acceptors (Lipinski definition) is 5. The summed E-state index contributed by atoms with van der Waals surface area (Å²) in [6.45, 7) is 0. The molecule has 0 atom stereocenters. The Balaban J connectivity index is 1.62. The highest BCUT2D eigenvalue weighted by Gasteiger charge is 2.11. The second-order valence-electron chi connectivity index (χ2n) is 5.86. The van der Waals surface area contributed by atoms with Crippen molar-refractivity contribution in [3.8, 4) is 0 Å². The van der Waals surface area contributed by atoms with Crippen LogP contribution in [0.25, 0.3) is 0 Å². The third kappa shape index (κ3) is 5.05. The Hall–Kier alpha value is -3.45. The van der Waals surface area contributed by atoms with E-state index in [0.717, 1.165) is 4.90 Å². The normalized spacial score (nSPS) is 10.3. The highest BCUT2D eigenvalue weighted by Crippen LogP contribution is 2.23. The minimum atomic E-state index is -0.515. The van der Waals surface area contributed by atoms with Crippen molar-refractivity contribution in [1.82, 2.24) is 0 Å². The summed E-state index contributed by atoms with van der Waals surface area (Å²) in [5, 5.41) is 13.4. The van der Waals surface area contributed by atoms with Crippen LogP contribution in [0, 0.1) is 10.1 Å². The van der Waals surface area contributed by atoms with E-state index in [4.69, 9.17) is 0 Å². The first-order valence-corrected chi connectivity index (χ1v) is 9.38. The van der Waals surface area contributed by atoms with Gasteiger partial charge in [0.2, 0.25) is 0 Å². The van der Waals surface area contributed by atoms with Crippen LogP contribution in [0.15, 0.2) is 83.8 Å². The molecule has 0 radical (unpaired) electrons. The summed E-state index contributed by atoms with van der Waals surface area (Å²) in [6.07, 6.45) is 0. The number of nitrogens with zero attached hydrogens (tertiary/aromatic N) is 1. The molecule has 0 heterocycles. The molecule has 0 aliphatic rings. The van der Waals surface area contributed by atoms with E-state index >= 15 is 0 Å². The maximum Gasteiger partial charge on any atom is 0.269 e. The number of hydrogen-bond donors (Lipinski definition) is 1. The van der Waals surface area contributed by atoms with Crippen molar-refractivity contribution >= 4 is 34.8 Å². The fourth-order valence-corrected chi connectivity index (χ4v) is 3.31. The van der Waals surface area contributed by atoms with Crippen LogP contribution in [0.3, 0.4) is 0 Å². The van der Waals surface area contributed by atoms with Crippen molar-refractivity contribution in [2.45, 2.75) is 4.90 Å². The van der Waals surface area contributed by atoms with Crippen molar-refractivity contribution in [3.05, 3.63) is 100 Å². The van der Waals surface area contributed by atoms with Gasteiger partial charge in [0.05, 0.1) is 10.7 Å². The first kappa shape index (κ1) is 19.3. The van der Waals surface area contributed by atoms with Crippen LogP contribution in [-0.2, 0) is 0 Å². The molecule has 0 unspecified atom stereocenters. The van der Waals surface area contributed by atoms with E-state index in [1.807, 2.05) is 24.3 Å². The lowest BCUT2D eigenvalue weighted by Gasteiger charge is -2.07. The van der Waals surface area contributed by atoms with Gasteiger partial charge in [0.15, 0.2) is 5.78 Å². The summed E-state index contributed by atoms with van der Waals surface area (Å²) in [5.74, 6) is -0.0348. The zero-order valence-electron chi connectivity index (χ0n) is 14.7. The van der Waals surface area contributed by atoms with E-state index in [-0.39, 0.29) is 17.4 Å². The van der Waals surface area contributed by atoms with Crippen LogP contribution in [0.4, 0.5) is 11.4 Å². The van der Waals surface area contributed by atoms with Gasteiger partial charge in [0, 0.05) is 33.8 Å². The second kappa shape index (κ2) is 8.96. The van der Waals surface area contributed by atoms with Crippen molar-refractivity contribution in [2.24, 2.45) is 0 Å². The van der Waals surface area contributed by atoms with E-state index in [0.29, 0.717) is 22.6 Å². The van der Waals surface area contributed by atoms with Crippen molar-refractivity contribution in [2.75, 3.05) is 11.1 Å². The number of amides is 1. The molecule has 3 aromatic rings. The molecule has 0 aromatic heterocycles. The number of non-ortho nitro benzene ring substituents is 1. The molecule has 1 N–H and O–H groups in total. The minimum absolute atomic E-state index is 0.0333. The molecule has 3 aromatic carbocycles. The number of thioether (sulfide) groups is 1. The quantitative estimate of drug-likeness (QED) is 0.269. The molecule has 0 spiro atoms. The Morgan fingerprint density at radius 1 is 0.893 bits per heavy atom. The number of nitro groups is 1. The number of carbonyl (C=O) groups is 2. The maximum absolute atomic E-state index is 12.3. The monoisotopic (exact) mass is 392 g/mol. The number of benzene rings is 3. The first-order chi connectivity index (χ1) is 13.5. The van der Waals surface area contributed by atoms with Gasteiger partial charge in [-0.15, -0.1) is 11.8 Å². The Morgan fingerprint density at radius 3 is 2.29 bits per heavy atom. The van der Waals surface area contributed by atoms with Crippen LogP contribution in [0.1, 0.15) is 20.7 Å². The predicted octanol–water partition coefficient (Wildman–Crippen LogP) is 4.82. The standard InChI is InChI=1S/C21H16N2O4S/c24-20(15-5-2-1-3-6-15)14-28-19-8-4-7-17(13-19)22-21(25)16-9-11-18(12-10-16)23(26)27/h1-13H,14H2,(H,22,25). The molecule has 3 rings (SSSR count).